The molecule has 0 aliphatic carbocycles. The number of rotatable bonds is 8. The molecule has 1 atom stereocenters. The van der Waals surface area contributed by atoms with E-state index in [1.807, 2.05) is 0 Å². The number of halogens is 2. The molecule has 20 heavy (non-hydrogen) atoms. The zero-order valence-electron chi connectivity index (χ0n) is 12.0. The van der Waals surface area contributed by atoms with Crippen LogP contribution in [0.3, 0.4) is 0 Å². The van der Waals surface area contributed by atoms with Crippen molar-refractivity contribution < 1.29 is 8.78 Å². The standard InChI is InChI=1S/C15H21F2N3/c1-3-20(4-2)9-5-8-19-15(11-18)12-6-7-13(16)14(17)10-12/h6-7,10,15,19H,3-5,8-9H2,1-2H3. The lowest BCUT2D eigenvalue weighted by atomic mass is 10.1. The predicted molar refractivity (Wildman–Crippen MR) is 75.1 cm³/mol. The largest absolute Gasteiger partial charge is 0.304 e. The van der Waals surface area contributed by atoms with Crippen LogP contribution in [0.1, 0.15) is 31.9 Å². The maximum absolute atomic E-state index is 13.1. The second-order valence-corrected chi connectivity index (χ2v) is 4.57. The molecule has 0 radical (unpaired) electrons. The summed E-state index contributed by atoms with van der Waals surface area (Å²) in [6, 6.07) is 5.01. The zero-order chi connectivity index (χ0) is 15.0. The fourth-order valence-electron chi connectivity index (χ4n) is 2.02. The summed E-state index contributed by atoms with van der Waals surface area (Å²) >= 11 is 0. The molecule has 1 N–H and O–H groups in total. The van der Waals surface area contributed by atoms with Gasteiger partial charge in [-0.2, -0.15) is 5.26 Å². The van der Waals surface area contributed by atoms with Crippen molar-refractivity contribution >= 4 is 0 Å². The first-order valence-corrected chi connectivity index (χ1v) is 6.92. The van der Waals surface area contributed by atoms with E-state index >= 15 is 0 Å². The molecule has 1 rings (SSSR count). The van der Waals surface area contributed by atoms with Crippen LogP contribution in [-0.4, -0.2) is 31.1 Å². The van der Waals surface area contributed by atoms with E-state index in [0.717, 1.165) is 38.2 Å². The summed E-state index contributed by atoms with van der Waals surface area (Å²) < 4.78 is 26.0. The van der Waals surface area contributed by atoms with Gasteiger partial charge in [-0.05, 0) is 50.3 Å². The Hall–Kier alpha value is -1.51. The van der Waals surface area contributed by atoms with Crippen molar-refractivity contribution in [1.29, 1.82) is 5.26 Å². The van der Waals surface area contributed by atoms with Crippen LogP contribution in [0.5, 0.6) is 0 Å². The third-order valence-corrected chi connectivity index (χ3v) is 3.30. The molecule has 0 spiro atoms. The Morgan fingerprint density at radius 1 is 1.25 bits per heavy atom. The smallest absolute Gasteiger partial charge is 0.159 e. The van der Waals surface area contributed by atoms with Crippen LogP contribution in [0.4, 0.5) is 8.78 Å². The highest BCUT2D eigenvalue weighted by Crippen LogP contribution is 2.15. The van der Waals surface area contributed by atoms with E-state index in [9.17, 15) is 8.78 Å². The Kier molecular flexibility index (Phi) is 7.13. The third kappa shape index (κ3) is 4.87. The molecule has 5 heteroatoms. The number of nitrogens with zero attached hydrogens (tertiary/aromatic N) is 2. The summed E-state index contributed by atoms with van der Waals surface area (Å²) in [6.45, 7) is 7.83. The van der Waals surface area contributed by atoms with Gasteiger partial charge in [0.05, 0.1) is 6.07 Å². The quantitative estimate of drug-likeness (QED) is 0.745. The normalized spacial score (nSPS) is 12.4. The second kappa shape index (κ2) is 8.62. The highest BCUT2D eigenvalue weighted by Gasteiger charge is 2.12. The minimum atomic E-state index is -0.923. The highest BCUT2D eigenvalue weighted by atomic mass is 19.2. The minimum absolute atomic E-state index is 0.453. The molecule has 0 saturated carbocycles. The van der Waals surface area contributed by atoms with Crippen LogP contribution in [0.15, 0.2) is 18.2 Å². The van der Waals surface area contributed by atoms with E-state index in [0.29, 0.717) is 12.1 Å². The predicted octanol–water partition coefficient (Wildman–Crippen LogP) is 2.85. The molecule has 0 heterocycles. The van der Waals surface area contributed by atoms with E-state index in [-0.39, 0.29) is 0 Å². The third-order valence-electron chi connectivity index (χ3n) is 3.30. The number of hydrogen-bond acceptors (Lipinski definition) is 3. The van der Waals surface area contributed by atoms with Gasteiger partial charge in [0.25, 0.3) is 0 Å². The first kappa shape index (κ1) is 16.5. The summed E-state index contributed by atoms with van der Waals surface area (Å²) in [4.78, 5) is 2.29. The van der Waals surface area contributed by atoms with Crippen LogP contribution in [0, 0.1) is 23.0 Å². The van der Waals surface area contributed by atoms with Crippen molar-refractivity contribution in [3.05, 3.63) is 35.4 Å². The average molecular weight is 281 g/mol. The zero-order valence-corrected chi connectivity index (χ0v) is 12.0. The Morgan fingerprint density at radius 3 is 2.50 bits per heavy atom. The molecule has 0 aliphatic heterocycles. The van der Waals surface area contributed by atoms with Gasteiger partial charge in [-0.15, -0.1) is 0 Å². The van der Waals surface area contributed by atoms with Gasteiger partial charge >= 0.3 is 0 Å². The second-order valence-electron chi connectivity index (χ2n) is 4.57. The fourth-order valence-corrected chi connectivity index (χ4v) is 2.02. The van der Waals surface area contributed by atoms with Gasteiger partial charge in [0.1, 0.15) is 6.04 Å². The molecule has 0 aliphatic rings. The van der Waals surface area contributed by atoms with Crippen LogP contribution >= 0.6 is 0 Å². The van der Waals surface area contributed by atoms with Crippen LogP contribution in [0.25, 0.3) is 0 Å². The summed E-state index contributed by atoms with van der Waals surface area (Å²) in [5.74, 6) is -1.82. The molecule has 3 nitrogen and oxygen atoms in total. The van der Waals surface area contributed by atoms with Crippen molar-refractivity contribution in [2.45, 2.75) is 26.3 Å². The molecular formula is C15H21F2N3. The van der Waals surface area contributed by atoms with Gasteiger partial charge in [0, 0.05) is 0 Å². The Bertz CT molecular complexity index is 453. The minimum Gasteiger partial charge on any atom is -0.304 e. The van der Waals surface area contributed by atoms with Crippen molar-refractivity contribution in [2.75, 3.05) is 26.2 Å². The van der Waals surface area contributed by atoms with Crippen molar-refractivity contribution in [2.24, 2.45) is 0 Å². The van der Waals surface area contributed by atoms with Crippen LogP contribution < -0.4 is 5.32 Å². The van der Waals surface area contributed by atoms with Crippen molar-refractivity contribution in [3.63, 3.8) is 0 Å². The number of nitriles is 1. The SMILES string of the molecule is CCN(CC)CCCNC(C#N)c1ccc(F)c(F)c1. The summed E-state index contributed by atoms with van der Waals surface area (Å²) in [5, 5.41) is 12.2. The molecular weight excluding hydrogens is 260 g/mol. The van der Waals surface area contributed by atoms with E-state index in [1.54, 1.807) is 0 Å². The van der Waals surface area contributed by atoms with Crippen molar-refractivity contribution in [1.82, 2.24) is 10.2 Å². The number of hydrogen-bond donors (Lipinski definition) is 1. The molecule has 0 saturated heterocycles. The first-order valence-electron chi connectivity index (χ1n) is 6.92. The Morgan fingerprint density at radius 2 is 1.95 bits per heavy atom. The Labute approximate surface area is 119 Å². The fraction of sp³-hybridized carbons (Fsp3) is 0.533. The van der Waals surface area contributed by atoms with Crippen LogP contribution in [0.2, 0.25) is 0 Å². The lowest BCUT2D eigenvalue weighted by molar-refractivity contribution is 0.297. The molecule has 0 fully saturated rings. The first-order chi connectivity index (χ1) is 9.62. The van der Waals surface area contributed by atoms with E-state index in [1.165, 1.54) is 6.07 Å². The molecule has 0 bridgehead atoms. The lowest BCUT2D eigenvalue weighted by Gasteiger charge is -2.18. The molecule has 1 unspecified atom stereocenters. The van der Waals surface area contributed by atoms with Gasteiger partial charge < -0.3 is 4.90 Å². The molecule has 0 amide bonds. The Balaban J connectivity index is 2.48. The van der Waals surface area contributed by atoms with Gasteiger partial charge in [0.2, 0.25) is 0 Å². The number of benzene rings is 1. The van der Waals surface area contributed by atoms with E-state index in [4.69, 9.17) is 5.26 Å². The van der Waals surface area contributed by atoms with E-state index in [2.05, 4.69) is 30.1 Å². The maximum Gasteiger partial charge on any atom is 0.159 e. The maximum atomic E-state index is 13.1. The van der Waals surface area contributed by atoms with Gasteiger partial charge in [-0.3, -0.25) is 5.32 Å². The van der Waals surface area contributed by atoms with Gasteiger partial charge in [-0.1, -0.05) is 19.9 Å². The summed E-state index contributed by atoms with van der Waals surface area (Å²) in [6.07, 6.45) is 0.906. The highest BCUT2D eigenvalue weighted by molar-refractivity contribution is 5.25. The average Bonchev–Trinajstić information content (AvgIpc) is 2.46. The van der Waals surface area contributed by atoms with E-state index < -0.39 is 17.7 Å². The topological polar surface area (TPSA) is 39.1 Å². The summed E-state index contributed by atoms with van der Waals surface area (Å²) in [7, 11) is 0. The van der Waals surface area contributed by atoms with Gasteiger partial charge in [0.15, 0.2) is 11.6 Å². The van der Waals surface area contributed by atoms with Gasteiger partial charge in [-0.25, -0.2) is 8.78 Å². The number of nitrogens with one attached hydrogen (secondary N) is 1. The molecule has 1 aromatic carbocycles. The summed E-state index contributed by atoms with van der Waals surface area (Å²) in [5.41, 5.74) is 0.453. The van der Waals surface area contributed by atoms with Crippen molar-refractivity contribution in [3.8, 4) is 6.07 Å². The lowest BCUT2D eigenvalue weighted by Crippen LogP contribution is -2.28. The molecule has 110 valence electrons. The molecule has 1 aromatic rings. The van der Waals surface area contributed by atoms with Crippen LogP contribution in [-0.2, 0) is 0 Å². The monoisotopic (exact) mass is 281 g/mol. The molecule has 0 aromatic heterocycles.